The molecule has 0 aromatic rings. The molecule has 0 aromatic heterocycles. The van der Waals surface area contributed by atoms with Gasteiger partial charge in [-0.3, -0.25) is 4.79 Å². The number of aliphatic hydroxyl groups is 1. The van der Waals surface area contributed by atoms with E-state index in [1.165, 1.54) is 0 Å². The van der Waals surface area contributed by atoms with Crippen molar-refractivity contribution in [2.45, 2.75) is 50.8 Å². The van der Waals surface area contributed by atoms with Crippen molar-refractivity contribution in [3.63, 3.8) is 0 Å². The molecule has 0 heterocycles. The molecular formula is C9H18N2O2. The molecule has 1 rings (SSSR count). The molecule has 1 unspecified atom stereocenters. The second-order valence-electron chi connectivity index (χ2n) is 3.75. The third-order valence-electron chi connectivity index (χ3n) is 2.62. The van der Waals surface area contributed by atoms with Gasteiger partial charge in [-0.15, -0.1) is 0 Å². The monoisotopic (exact) mass is 186 g/mol. The van der Waals surface area contributed by atoms with Crippen LogP contribution < -0.4 is 11.1 Å². The summed E-state index contributed by atoms with van der Waals surface area (Å²) in [6.07, 6.45) is 3.61. The van der Waals surface area contributed by atoms with E-state index in [0.717, 1.165) is 25.7 Å². The number of nitrogens with one attached hydrogen (secondary N) is 1. The number of aliphatic hydroxyl groups excluding tert-OH is 1. The average molecular weight is 186 g/mol. The molecular weight excluding hydrogens is 168 g/mol. The number of amides is 1. The molecule has 1 amide bonds. The number of primary amides is 1. The lowest BCUT2D eigenvalue weighted by Gasteiger charge is -2.30. The zero-order valence-corrected chi connectivity index (χ0v) is 7.99. The Hall–Kier alpha value is -0.610. The smallest absolute Gasteiger partial charge is 0.234 e. The molecule has 4 nitrogen and oxygen atoms in total. The Morgan fingerprint density at radius 2 is 2.15 bits per heavy atom. The Morgan fingerprint density at radius 3 is 2.69 bits per heavy atom. The molecule has 0 aromatic carbocycles. The van der Waals surface area contributed by atoms with Gasteiger partial charge in [0.2, 0.25) is 5.91 Å². The first-order valence-electron chi connectivity index (χ1n) is 4.84. The number of rotatable bonds is 3. The Morgan fingerprint density at radius 1 is 1.54 bits per heavy atom. The van der Waals surface area contributed by atoms with Crippen molar-refractivity contribution < 1.29 is 9.90 Å². The molecule has 0 aliphatic heterocycles. The molecule has 1 aliphatic rings. The van der Waals surface area contributed by atoms with E-state index in [0.29, 0.717) is 0 Å². The molecule has 3 atom stereocenters. The molecule has 0 spiro atoms. The van der Waals surface area contributed by atoms with E-state index in [9.17, 15) is 9.90 Å². The first-order valence-corrected chi connectivity index (χ1v) is 4.84. The highest BCUT2D eigenvalue weighted by molar-refractivity contribution is 5.79. The van der Waals surface area contributed by atoms with E-state index >= 15 is 0 Å². The lowest BCUT2D eigenvalue weighted by atomic mass is 9.92. The van der Waals surface area contributed by atoms with Crippen LogP contribution in [0, 0.1) is 0 Å². The summed E-state index contributed by atoms with van der Waals surface area (Å²) in [5.74, 6) is -0.363. The summed E-state index contributed by atoms with van der Waals surface area (Å²) in [5, 5.41) is 12.6. The van der Waals surface area contributed by atoms with Gasteiger partial charge in [-0.2, -0.15) is 0 Å². The van der Waals surface area contributed by atoms with Crippen LogP contribution in [0.4, 0.5) is 0 Å². The van der Waals surface area contributed by atoms with E-state index in [-0.39, 0.29) is 24.1 Å². The predicted molar refractivity (Wildman–Crippen MR) is 50.1 cm³/mol. The molecule has 4 N–H and O–H groups in total. The number of hydrogen-bond donors (Lipinski definition) is 3. The van der Waals surface area contributed by atoms with Gasteiger partial charge in [0.25, 0.3) is 0 Å². The van der Waals surface area contributed by atoms with Crippen molar-refractivity contribution in [3.8, 4) is 0 Å². The van der Waals surface area contributed by atoms with Gasteiger partial charge < -0.3 is 16.2 Å². The van der Waals surface area contributed by atoms with E-state index in [4.69, 9.17) is 5.73 Å². The van der Waals surface area contributed by atoms with Crippen LogP contribution in [0.1, 0.15) is 32.6 Å². The maximum atomic E-state index is 10.8. The minimum Gasteiger partial charge on any atom is -0.392 e. The van der Waals surface area contributed by atoms with Crippen LogP contribution in [0.25, 0.3) is 0 Å². The zero-order chi connectivity index (χ0) is 9.84. The first-order chi connectivity index (χ1) is 6.11. The van der Waals surface area contributed by atoms with Gasteiger partial charge in [0, 0.05) is 6.04 Å². The molecule has 76 valence electrons. The Bertz CT molecular complexity index is 184. The molecule has 1 aliphatic carbocycles. The lowest BCUT2D eigenvalue weighted by molar-refractivity contribution is -0.120. The second kappa shape index (κ2) is 4.58. The van der Waals surface area contributed by atoms with Crippen LogP contribution in [0.15, 0.2) is 0 Å². The van der Waals surface area contributed by atoms with Crippen molar-refractivity contribution in [1.82, 2.24) is 5.32 Å². The Kier molecular flexibility index (Phi) is 3.69. The maximum absolute atomic E-state index is 10.8. The van der Waals surface area contributed by atoms with Crippen LogP contribution in [0.2, 0.25) is 0 Å². The van der Waals surface area contributed by atoms with Crippen LogP contribution in [-0.4, -0.2) is 29.2 Å². The minimum absolute atomic E-state index is 0.0382. The standard InChI is InChI=1S/C9H18N2O2/c1-6(9(10)13)11-7-4-2-3-5-8(7)12/h6-8,11-12H,2-5H2,1H3,(H2,10,13)/t6?,7-,8-/m1/s1. The highest BCUT2D eigenvalue weighted by atomic mass is 16.3. The van der Waals surface area contributed by atoms with Gasteiger partial charge in [-0.1, -0.05) is 12.8 Å². The summed E-state index contributed by atoms with van der Waals surface area (Å²) < 4.78 is 0. The van der Waals surface area contributed by atoms with Crippen molar-refractivity contribution in [2.24, 2.45) is 5.73 Å². The van der Waals surface area contributed by atoms with Crippen molar-refractivity contribution >= 4 is 5.91 Å². The fourth-order valence-corrected chi connectivity index (χ4v) is 1.71. The van der Waals surface area contributed by atoms with E-state index in [1.54, 1.807) is 6.92 Å². The zero-order valence-electron chi connectivity index (χ0n) is 7.99. The molecule has 0 bridgehead atoms. The number of carbonyl (C=O) groups excluding carboxylic acids is 1. The average Bonchev–Trinajstić information content (AvgIpc) is 2.08. The van der Waals surface area contributed by atoms with Gasteiger partial charge in [0.05, 0.1) is 12.1 Å². The predicted octanol–water partition coefficient (Wildman–Crippen LogP) is -0.247. The molecule has 1 saturated carbocycles. The van der Waals surface area contributed by atoms with E-state index in [1.807, 2.05) is 0 Å². The summed E-state index contributed by atoms with van der Waals surface area (Å²) in [6.45, 7) is 1.73. The normalized spacial score (nSPS) is 31.2. The van der Waals surface area contributed by atoms with Gasteiger partial charge >= 0.3 is 0 Å². The first kappa shape index (κ1) is 10.5. The quantitative estimate of drug-likeness (QED) is 0.569. The summed E-state index contributed by atoms with van der Waals surface area (Å²) in [4.78, 5) is 10.8. The van der Waals surface area contributed by atoms with Crippen molar-refractivity contribution in [3.05, 3.63) is 0 Å². The van der Waals surface area contributed by atoms with Gasteiger partial charge in [0.15, 0.2) is 0 Å². The Balaban J connectivity index is 2.37. The van der Waals surface area contributed by atoms with Gasteiger partial charge in [-0.05, 0) is 19.8 Å². The third-order valence-corrected chi connectivity index (χ3v) is 2.62. The summed E-state index contributed by atoms with van der Waals surface area (Å²) in [7, 11) is 0. The van der Waals surface area contributed by atoms with Crippen LogP contribution in [0.3, 0.4) is 0 Å². The molecule has 4 heteroatoms. The second-order valence-corrected chi connectivity index (χ2v) is 3.75. The van der Waals surface area contributed by atoms with Crippen molar-refractivity contribution in [2.75, 3.05) is 0 Å². The number of hydrogen-bond acceptors (Lipinski definition) is 3. The topological polar surface area (TPSA) is 75.3 Å². The maximum Gasteiger partial charge on any atom is 0.234 e. The fourth-order valence-electron chi connectivity index (χ4n) is 1.71. The Labute approximate surface area is 78.5 Å². The SMILES string of the molecule is CC(N[C@@H]1CCCC[C@H]1O)C(N)=O. The highest BCUT2D eigenvalue weighted by Crippen LogP contribution is 2.18. The largest absolute Gasteiger partial charge is 0.392 e. The van der Waals surface area contributed by atoms with Gasteiger partial charge in [0.1, 0.15) is 0 Å². The molecule has 0 radical (unpaired) electrons. The van der Waals surface area contributed by atoms with Crippen molar-refractivity contribution in [1.29, 1.82) is 0 Å². The summed E-state index contributed by atoms with van der Waals surface area (Å²) in [6, 6.07) is -0.311. The highest BCUT2D eigenvalue weighted by Gasteiger charge is 2.25. The number of nitrogens with two attached hydrogens (primary N) is 1. The van der Waals surface area contributed by atoms with Crippen LogP contribution in [-0.2, 0) is 4.79 Å². The van der Waals surface area contributed by atoms with E-state index in [2.05, 4.69) is 5.32 Å². The fraction of sp³-hybridized carbons (Fsp3) is 0.889. The molecule has 1 fully saturated rings. The van der Waals surface area contributed by atoms with E-state index < -0.39 is 0 Å². The third kappa shape index (κ3) is 2.97. The lowest BCUT2D eigenvalue weighted by Crippen LogP contribution is -2.50. The summed E-state index contributed by atoms with van der Waals surface area (Å²) >= 11 is 0. The van der Waals surface area contributed by atoms with Crippen LogP contribution >= 0.6 is 0 Å². The minimum atomic E-state index is -0.363. The summed E-state index contributed by atoms with van der Waals surface area (Å²) in [5.41, 5.74) is 5.12. The molecule has 13 heavy (non-hydrogen) atoms. The van der Waals surface area contributed by atoms with Crippen LogP contribution in [0.5, 0.6) is 0 Å². The molecule has 0 saturated heterocycles. The number of carbonyl (C=O) groups is 1. The van der Waals surface area contributed by atoms with Gasteiger partial charge in [-0.25, -0.2) is 0 Å².